The summed E-state index contributed by atoms with van der Waals surface area (Å²) in [4.78, 5) is 32.2. The van der Waals surface area contributed by atoms with E-state index in [4.69, 9.17) is 21.0 Å². The molecule has 17 nitrogen and oxygen atoms in total. The van der Waals surface area contributed by atoms with Crippen molar-refractivity contribution >= 4 is 65.8 Å². The number of furan rings is 2. The number of halogens is 4. The molecule has 4 N–H and O–H groups in total. The second-order valence-electron chi connectivity index (χ2n) is 15.1. The van der Waals surface area contributed by atoms with Gasteiger partial charge in [-0.2, -0.15) is 10.2 Å². The highest BCUT2D eigenvalue weighted by Gasteiger charge is 2.49. The van der Waals surface area contributed by atoms with Crippen molar-refractivity contribution in [3.8, 4) is 11.4 Å². The van der Waals surface area contributed by atoms with Gasteiger partial charge < -0.3 is 25.0 Å². The van der Waals surface area contributed by atoms with Gasteiger partial charge in [0.1, 0.15) is 23.2 Å². The number of nitrogens with zero attached hydrogens (tertiary/aromatic N) is 6. The van der Waals surface area contributed by atoms with E-state index < -0.39 is 43.9 Å². The molecule has 2 aliphatic rings. The van der Waals surface area contributed by atoms with Gasteiger partial charge in [-0.1, -0.05) is 0 Å². The van der Waals surface area contributed by atoms with Crippen LogP contribution in [0.2, 0.25) is 0 Å². The number of aromatic carboxylic acids is 1. The Bertz CT molecular complexity index is 3300. The van der Waals surface area contributed by atoms with Gasteiger partial charge >= 0.3 is 5.97 Å². The summed E-state index contributed by atoms with van der Waals surface area (Å²) in [5, 5.41) is 21.4. The molecule has 2 fully saturated rings. The van der Waals surface area contributed by atoms with Crippen molar-refractivity contribution in [2.45, 2.75) is 46.9 Å². The van der Waals surface area contributed by atoms with Crippen molar-refractivity contribution in [3.63, 3.8) is 0 Å². The number of hydrogen-bond donors (Lipinski definition) is 3. The number of sulfone groups is 2. The SMILES string of the molecule is CS(=O)(=O)c1ccc(C2(N)CC2)o1.CS(=O)(=O)c1ccc(C2(NC(=O)c3cncc4c3cnn4-c3ccc(F)cc3)CC2)o1.Cl.O=C(O)c1cncc2c1cnn2-c1ccc(F)cc1.[2H]CF. The number of carboxylic acids is 1. The highest BCUT2D eigenvalue weighted by Crippen LogP contribution is 2.47. The van der Waals surface area contributed by atoms with Crippen molar-refractivity contribution in [2.75, 3.05) is 19.7 Å². The van der Waals surface area contributed by atoms with Crippen molar-refractivity contribution in [1.82, 2.24) is 34.8 Å². The molecule has 0 unspecified atom stereocenters. The molecule has 0 spiro atoms. The zero-order valence-electron chi connectivity index (χ0n) is 35.8. The van der Waals surface area contributed by atoms with Gasteiger partial charge in [0.15, 0.2) is 0 Å². The van der Waals surface area contributed by atoms with Crippen LogP contribution in [0.4, 0.5) is 13.2 Å². The number of carbonyl (C=O) groups is 2. The fourth-order valence-electron chi connectivity index (χ4n) is 6.60. The van der Waals surface area contributed by atoms with Gasteiger partial charge in [0.25, 0.3) is 5.91 Å². The Morgan fingerprint density at radius 1 is 0.697 bits per heavy atom. The lowest BCUT2D eigenvalue weighted by Crippen LogP contribution is -2.34. The van der Waals surface area contributed by atoms with Gasteiger partial charge in [0.05, 0.1) is 77.9 Å². The van der Waals surface area contributed by atoms with Crippen molar-refractivity contribution in [2.24, 2.45) is 5.73 Å². The van der Waals surface area contributed by atoms with Gasteiger partial charge in [0, 0.05) is 35.7 Å². The first kappa shape index (κ1) is 47.1. The van der Waals surface area contributed by atoms with Crippen LogP contribution in [0.1, 0.15) is 59.3 Å². The molecule has 8 aromatic rings. The van der Waals surface area contributed by atoms with E-state index in [2.05, 4.69) is 25.5 Å². The molecule has 0 saturated heterocycles. The highest BCUT2D eigenvalue weighted by atomic mass is 35.5. The molecule has 0 radical (unpaired) electrons. The number of alkyl halides is 1. The van der Waals surface area contributed by atoms with Crippen LogP contribution < -0.4 is 11.1 Å². The topological polar surface area (TPSA) is 248 Å². The molecule has 66 heavy (non-hydrogen) atoms. The maximum atomic E-state index is 13.2. The van der Waals surface area contributed by atoms with Crippen LogP contribution in [-0.4, -0.2) is 83.0 Å². The average Bonchev–Trinajstić information content (AvgIpc) is 3.80. The number of nitrogens with two attached hydrogens (primary N) is 1. The molecule has 10 rings (SSSR count). The first-order chi connectivity index (χ1) is 31.3. The van der Waals surface area contributed by atoms with E-state index in [1.54, 1.807) is 53.5 Å². The van der Waals surface area contributed by atoms with Gasteiger partial charge in [-0.25, -0.2) is 39.8 Å². The fourth-order valence-corrected chi connectivity index (χ4v) is 7.71. The van der Waals surface area contributed by atoms with Crippen molar-refractivity contribution in [1.29, 1.82) is 0 Å². The fraction of sp³-hybridized carbons (Fsp3) is 0.209. The molecule has 6 heterocycles. The third-order valence-electron chi connectivity index (χ3n) is 10.4. The number of aromatic nitrogens is 6. The lowest BCUT2D eigenvalue weighted by Gasteiger charge is -2.15. The lowest BCUT2D eigenvalue weighted by atomic mass is 10.1. The zero-order valence-corrected chi connectivity index (χ0v) is 37.2. The summed E-state index contributed by atoms with van der Waals surface area (Å²) in [5.41, 5.74) is 7.55. The molecule has 0 atom stereocenters. The Balaban J connectivity index is 0.000000175. The first-order valence-electron chi connectivity index (χ1n) is 19.9. The molecule has 1 amide bonds. The minimum absolute atomic E-state index is 0. The lowest BCUT2D eigenvalue weighted by molar-refractivity contribution is 0.0698. The molecular weight excluding hydrogens is 929 g/mol. The maximum Gasteiger partial charge on any atom is 0.338 e. The largest absolute Gasteiger partial charge is 0.478 e. The van der Waals surface area contributed by atoms with Crippen LogP contribution in [0.3, 0.4) is 0 Å². The number of pyridine rings is 2. The Morgan fingerprint density at radius 3 is 1.53 bits per heavy atom. The number of benzene rings is 2. The molecule has 0 bridgehead atoms. The summed E-state index contributed by atoms with van der Waals surface area (Å²) < 4.78 is 101. The van der Waals surface area contributed by atoms with Crippen molar-refractivity contribution in [3.05, 3.63) is 144 Å². The van der Waals surface area contributed by atoms with Crippen LogP contribution in [0.25, 0.3) is 33.2 Å². The number of rotatable bonds is 9. The zero-order chi connectivity index (χ0) is 47.6. The third-order valence-corrected chi connectivity index (χ3v) is 12.3. The summed E-state index contributed by atoms with van der Waals surface area (Å²) in [5.74, 6) is -1.14. The molecule has 6 aromatic heterocycles. The summed E-state index contributed by atoms with van der Waals surface area (Å²) >= 11 is 0. The number of carboxylic acid groups (broad SMARTS) is 1. The number of fused-ring (bicyclic) bond motifs is 2. The van der Waals surface area contributed by atoms with Gasteiger partial charge in [-0.05, 0) is 98.5 Å². The van der Waals surface area contributed by atoms with Crippen LogP contribution >= 0.6 is 12.4 Å². The number of carbonyl (C=O) groups excluding carboxylic acids is 1. The molecule has 0 aliphatic heterocycles. The number of amides is 1. The third kappa shape index (κ3) is 10.3. The molecule has 23 heteroatoms. The van der Waals surface area contributed by atoms with Crippen molar-refractivity contribution < 1.29 is 54.9 Å². The normalized spacial score (nSPS) is 14.5. The molecule has 2 saturated carbocycles. The molecule has 346 valence electrons. The van der Waals surface area contributed by atoms with E-state index in [9.17, 15) is 39.6 Å². The van der Waals surface area contributed by atoms with E-state index in [-0.39, 0.29) is 45.7 Å². The molecule has 2 aliphatic carbocycles. The average molecular weight is 970 g/mol. The van der Waals surface area contributed by atoms with Crippen LogP contribution in [-0.2, 0) is 30.8 Å². The summed E-state index contributed by atoms with van der Waals surface area (Å²) in [6, 6.07) is 17.7. The predicted molar refractivity (Wildman–Crippen MR) is 236 cm³/mol. The first-order valence-corrected chi connectivity index (χ1v) is 23.0. The van der Waals surface area contributed by atoms with E-state index in [1.165, 1.54) is 65.9 Å². The van der Waals surface area contributed by atoms with Gasteiger partial charge in [-0.3, -0.25) is 19.2 Å². The highest BCUT2D eigenvalue weighted by molar-refractivity contribution is 7.90. The second-order valence-corrected chi connectivity index (χ2v) is 19.0. The number of nitrogens with one attached hydrogen (secondary N) is 1. The monoisotopic (exact) mass is 969 g/mol. The van der Waals surface area contributed by atoms with Crippen LogP contribution in [0, 0.1) is 11.6 Å². The number of hydrogen-bond acceptors (Lipinski definition) is 13. The predicted octanol–water partition coefficient (Wildman–Crippen LogP) is 6.87. The van der Waals surface area contributed by atoms with E-state index >= 15 is 0 Å². The van der Waals surface area contributed by atoms with Crippen LogP contribution in [0.5, 0.6) is 0 Å². The Labute approximate surface area is 382 Å². The summed E-state index contributed by atoms with van der Waals surface area (Å²) in [6.07, 6.45) is 14.0. The molecular formula is C43H40ClF3N8O9S2. The second kappa shape index (κ2) is 18.9. The minimum Gasteiger partial charge on any atom is -0.478 e. The smallest absolute Gasteiger partial charge is 0.338 e. The maximum absolute atomic E-state index is 13.2. The van der Waals surface area contributed by atoms with E-state index in [1.807, 2.05) is 0 Å². The summed E-state index contributed by atoms with van der Waals surface area (Å²) in [6.45, 7) is 0. The standard InChI is InChI=1S/C21H17FN4O4S.C13H8FN3O2.C8H11NO3S.CH3F.ClH/c1-31(28,29)19-7-6-18(30-19)21(8-9-21)25-20(27)16-10-23-12-17-15(16)11-24-26(17)14-4-2-13(22)3-5-14;14-8-1-3-9(4-2-8)17-12-7-15-5-11(13(18)19)10(12)6-16-17;1-13(10,11)7-3-2-6(12-7)8(9)4-5-8;1-2;/h2-7,10-12H,8-9H2,1H3,(H,25,27);1-7H,(H,18,19);2-3H,4-5,9H2,1H3;1H3;1H/i;;;1D;. The van der Waals surface area contributed by atoms with Gasteiger partial charge in [-0.15, -0.1) is 12.4 Å². The van der Waals surface area contributed by atoms with E-state index in [0.29, 0.717) is 63.1 Å². The van der Waals surface area contributed by atoms with Gasteiger partial charge in [0.2, 0.25) is 29.9 Å². The Hall–Kier alpha value is -6.88. The minimum atomic E-state index is -3.47. The van der Waals surface area contributed by atoms with E-state index in [0.717, 1.165) is 25.4 Å². The Morgan fingerprint density at radius 2 is 1.12 bits per heavy atom. The summed E-state index contributed by atoms with van der Waals surface area (Å²) in [7, 11) is -7.71. The quantitative estimate of drug-likeness (QED) is 0.134. The van der Waals surface area contributed by atoms with Crippen LogP contribution in [0.15, 0.2) is 129 Å². The Kier molecular flexibility index (Phi) is 13.5. The molecule has 2 aromatic carbocycles.